The number of nitrogens with one attached hydrogen (secondary N) is 1. The zero-order valence-electron chi connectivity index (χ0n) is 7.33. The van der Waals surface area contributed by atoms with E-state index < -0.39 is 12.2 Å². The summed E-state index contributed by atoms with van der Waals surface area (Å²) in [5, 5.41) is 2.38. The molecule has 0 spiro atoms. The quantitative estimate of drug-likeness (QED) is 0.657. The maximum atomic E-state index is 12.1. The number of halogens is 3. The molecule has 4 heteroatoms. The predicted molar refractivity (Wildman–Crippen MR) is 43.0 cm³/mol. The zero-order valence-corrected chi connectivity index (χ0v) is 7.33. The topological polar surface area (TPSA) is 12.0 Å². The van der Waals surface area contributed by atoms with Crippen molar-refractivity contribution in [3.8, 4) is 0 Å². The van der Waals surface area contributed by atoms with E-state index >= 15 is 0 Å². The van der Waals surface area contributed by atoms with Crippen molar-refractivity contribution in [2.75, 3.05) is 6.54 Å². The van der Waals surface area contributed by atoms with E-state index in [1.54, 1.807) is 6.92 Å². The molecule has 0 rings (SSSR count). The van der Waals surface area contributed by atoms with Gasteiger partial charge in [-0.15, -0.1) is 0 Å². The van der Waals surface area contributed by atoms with Crippen LogP contribution in [0.2, 0.25) is 0 Å². The summed E-state index contributed by atoms with van der Waals surface area (Å²) < 4.78 is 36.2. The molecule has 0 fully saturated rings. The average Bonchev–Trinajstić information content (AvgIpc) is 1.85. The molecule has 0 aromatic heterocycles. The van der Waals surface area contributed by atoms with E-state index in [1.165, 1.54) is 6.92 Å². The standard InChI is InChI=1S/C8H14F3N/c1-4-7(8(9,10)11)12-5-6(2)3/h7,12H,2,4-5H2,1,3H3/t7-/m0/s1. The Morgan fingerprint density at radius 2 is 2.00 bits per heavy atom. The Hall–Kier alpha value is -0.510. The van der Waals surface area contributed by atoms with Crippen molar-refractivity contribution in [1.82, 2.24) is 5.32 Å². The first-order valence-electron chi connectivity index (χ1n) is 3.82. The van der Waals surface area contributed by atoms with Crippen molar-refractivity contribution >= 4 is 0 Å². The highest BCUT2D eigenvalue weighted by atomic mass is 19.4. The van der Waals surface area contributed by atoms with Crippen LogP contribution in [0.25, 0.3) is 0 Å². The molecule has 0 unspecified atom stereocenters. The molecule has 1 nitrogen and oxygen atoms in total. The molecule has 0 saturated heterocycles. The summed E-state index contributed by atoms with van der Waals surface area (Å²) in [6.45, 7) is 6.93. The van der Waals surface area contributed by atoms with Crippen molar-refractivity contribution in [2.45, 2.75) is 32.5 Å². The molecular weight excluding hydrogens is 167 g/mol. The van der Waals surface area contributed by atoms with Gasteiger partial charge in [-0.05, 0) is 13.3 Å². The largest absolute Gasteiger partial charge is 0.403 e. The third kappa shape index (κ3) is 4.38. The van der Waals surface area contributed by atoms with Crippen molar-refractivity contribution in [3.05, 3.63) is 12.2 Å². The van der Waals surface area contributed by atoms with E-state index in [1.807, 2.05) is 0 Å². The minimum absolute atomic E-state index is 0.0524. The van der Waals surface area contributed by atoms with Gasteiger partial charge in [-0.3, -0.25) is 0 Å². The third-order valence-corrected chi connectivity index (χ3v) is 1.45. The molecule has 0 aromatic carbocycles. The highest BCUT2D eigenvalue weighted by Crippen LogP contribution is 2.22. The van der Waals surface area contributed by atoms with Crippen LogP contribution >= 0.6 is 0 Å². The van der Waals surface area contributed by atoms with Gasteiger partial charge in [0.15, 0.2) is 0 Å². The van der Waals surface area contributed by atoms with Crippen LogP contribution in [-0.4, -0.2) is 18.8 Å². The van der Waals surface area contributed by atoms with E-state index in [-0.39, 0.29) is 13.0 Å². The van der Waals surface area contributed by atoms with E-state index in [0.29, 0.717) is 5.57 Å². The van der Waals surface area contributed by atoms with Crippen LogP contribution in [0.3, 0.4) is 0 Å². The Morgan fingerprint density at radius 1 is 1.50 bits per heavy atom. The lowest BCUT2D eigenvalue weighted by Gasteiger charge is -2.19. The molecule has 0 aliphatic heterocycles. The Bertz CT molecular complexity index is 151. The van der Waals surface area contributed by atoms with Gasteiger partial charge in [0.05, 0.1) is 0 Å². The second-order valence-electron chi connectivity index (χ2n) is 2.84. The first-order valence-corrected chi connectivity index (χ1v) is 3.82. The maximum Gasteiger partial charge on any atom is 0.403 e. The molecule has 0 heterocycles. The normalized spacial score (nSPS) is 14.4. The predicted octanol–water partition coefficient (Wildman–Crippen LogP) is 2.49. The van der Waals surface area contributed by atoms with Gasteiger partial charge < -0.3 is 5.32 Å². The highest BCUT2D eigenvalue weighted by molar-refractivity contribution is 4.92. The molecular formula is C8H14F3N. The van der Waals surface area contributed by atoms with Gasteiger partial charge in [-0.25, -0.2) is 0 Å². The SMILES string of the molecule is C=C(C)CN[C@@H](CC)C(F)(F)F. The summed E-state index contributed by atoms with van der Waals surface area (Å²) in [6.07, 6.45) is -4.10. The van der Waals surface area contributed by atoms with Gasteiger partial charge in [-0.2, -0.15) is 13.2 Å². The van der Waals surface area contributed by atoms with Crippen LogP contribution in [0.1, 0.15) is 20.3 Å². The van der Waals surface area contributed by atoms with Gasteiger partial charge in [0.1, 0.15) is 6.04 Å². The smallest absolute Gasteiger partial charge is 0.302 e. The summed E-state index contributed by atoms with van der Waals surface area (Å²) in [5.74, 6) is 0. The lowest BCUT2D eigenvalue weighted by molar-refractivity contribution is -0.155. The summed E-state index contributed by atoms with van der Waals surface area (Å²) in [4.78, 5) is 0. The van der Waals surface area contributed by atoms with E-state index in [0.717, 1.165) is 0 Å². The van der Waals surface area contributed by atoms with Gasteiger partial charge in [0.25, 0.3) is 0 Å². The third-order valence-electron chi connectivity index (χ3n) is 1.45. The number of alkyl halides is 3. The van der Waals surface area contributed by atoms with Gasteiger partial charge in [0, 0.05) is 6.54 Å². The van der Waals surface area contributed by atoms with Crippen LogP contribution in [-0.2, 0) is 0 Å². The number of rotatable bonds is 4. The summed E-state index contributed by atoms with van der Waals surface area (Å²) in [5.41, 5.74) is 0.706. The highest BCUT2D eigenvalue weighted by Gasteiger charge is 2.37. The molecule has 0 aliphatic rings. The van der Waals surface area contributed by atoms with Crippen molar-refractivity contribution in [1.29, 1.82) is 0 Å². The second kappa shape index (κ2) is 4.50. The van der Waals surface area contributed by atoms with Crippen LogP contribution in [0.5, 0.6) is 0 Å². The van der Waals surface area contributed by atoms with Crippen molar-refractivity contribution < 1.29 is 13.2 Å². The Kier molecular flexibility index (Phi) is 4.31. The van der Waals surface area contributed by atoms with Crippen LogP contribution in [0, 0.1) is 0 Å². The lowest BCUT2D eigenvalue weighted by Crippen LogP contribution is -2.42. The van der Waals surface area contributed by atoms with Crippen molar-refractivity contribution in [3.63, 3.8) is 0 Å². The molecule has 0 aliphatic carbocycles. The zero-order chi connectivity index (χ0) is 9.78. The molecule has 1 atom stereocenters. The monoisotopic (exact) mass is 181 g/mol. The van der Waals surface area contributed by atoms with Crippen LogP contribution in [0.15, 0.2) is 12.2 Å². The fourth-order valence-electron chi connectivity index (χ4n) is 0.789. The van der Waals surface area contributed by atoms with Gasteiger partial charge >= 0.3 is 6.18 Å². The first kappa shape index (κ1) is 11.5. The number of hydrogen-bond donors (Lipinski definition) is 1. The summed E-state index contributed by atoms with van der Waals surface area (Å²) in [7, 11) is 0. The Balaban J connectivity index is 3.92. The first-order chi connectivity index (χ1) is 5.38. The molecule has 12 heavy (non-hydrogen) atoms. The molecule has 0 saturated carbocycles. The van der Waals surface area contributed by atoms with E-state index in [2.05, 4.69) is 11.9 Å². The lowest BCUT2D eigenvalue weighted by atomic mass is 10.2. The summed E-state index contributed by atoms with van der Waals surface area (Å²) in [6, 6.07) is -1.41. The summed E-state index contributed by atoms with van der Waals surface area (Å²) >= 11 is 0. The second-order valence-corrected chi connectivity index (χ2v) is 2.84. The van der Waals surface area contributed by atoms with Crippen LogP contribution in [0.4, 0.5) is 13.2 Å². The molecule has 0 amide bonds. The number of hydrogen-bond acceptors (Lipinski definition) is 1. The van der Waals surface area contributed by atoms with Crippen molar-refractivity contribution in [2.24, 2.45) is 0 Å². The fraction of sp³-hybridized carbons (Fsp3) is 0.750. The minimum atomic E-state index is -4.15. The molecule has 1 N–H and O–H groups in total. The average molecular weight is 181 g/mol. The molecule has 72 valence electrons. The maximum absolute atomic E-state index is 12.1. The Labute approximate surface area is 70.7 Å². The van der Waals surface area contributed by atoms with Gasteiger partial charge in [0.2, 0.25) is 0 Å². The van der Waals surface area contributed by atoms with Crippen LogP contribution < -0.4 is 5.32 Å². The fourth-order valence-corrected chi connectivity index (χ4v) is 0.789. The van der Waals surface area contributed by atoms with Gasteiger partial charge in [-0.1, -0.05) is 19.1 Å². The molecule has 0 bridgehead atoms. The van der Waals surface area contributed by atoms with E-state index in [9.17, 15) is 13.2 Å². The Morgan fingerprint density at radius 3 is 2.25 bits per heavy atom. The molecule has 0 radical (unpaired) electrons. The van der Waals surface area contributed by atoms with E-state index in [4.69, 9.17) is 0 Å². The molecule has 0 aromatic rings. The minimum Gasteiger partial charge on any atom is -0.302 e.